The zero-order chi connectivity index (χ0) is 13.6. The minimum absolute atomic E-state index is 0.00280. The van der Waals surface area contributed by atoms with Crippen molar-refractivity contribution in [1.29, 1.82) is 0 Å². The van der Waals surface area contributed by atoms with Crippen molar-refractivity contribution in [3.8, 4) is 0 Å². The lowest BCUT2D eigenvalue weighted by Gasteiger charge is -2.11. The Morgan fingerprint density at radius 2 is 2.11 bits per heavy atom. The summed E-state index contributed by atoms with van der Waals surface area (Å²) in [6, 6.07) is 7.38. The van der Waals surface area contributed by atoms with Crippen molar-refractivity contribution in [1.82, 2.24) is 0 Å². The molecule has 1 aliphatic heterocycles. The monoisotopic (exact) mass is 257 g/mol. The predicted octanol–water partition coefficient (Wildman–Crippen LogP) is 2.47. The molecule has 0 saturated heterocycles. The Morgan fingerprint density at radius 3 is 2.79 bits per heavy atom. The largest absolute Gasteiger partial charge is 0.466 e. The molecule has 0 radical (unpaired) electrons. The fourth-order valence-corrected chi connectivity index (χ4v) is 2.52. The van der Waals surface area contributed by atoms with Gasteiger partial charge in [-0.1, -0.05) is 12.1 Å². The number of hydrogen-bond donors (Lipinski definition) is 2. The first-order valence-electron chi connectivity index (χ1n) is 6.22. The van der Waals surface area contributed by atoms with Gasteiger partial charge < -0.3 is 14.8 Å². The first kappa shape index (κ1) is 12.0. The smallest absolute Gasteiger partial charge is 0.228 e. The SMILES string of the molecule is Cc1cc(C(O)c2ccc3c(c2)CC(=O)N3)c(C)o1. The average Bonchev–Trinajstić information content (AvgIpc) is 2.88. The van der Waals surface area contributed by atoms with Crippen LogP contribution in [0.1, 0.15) is 34.3 Å². The summed E-state index contributed by atoms with van der Waals surface area (Å²) in [5.41, 5.74) is 3.31. The van der Waals surface area contributed by atoms with Crippen LogP contribution in [0.4, 0.5) is 5.69 Å². The second-order valence-electron chi connectivity index (χ2n) is 4.91. The molecular weight excluding hydrogens is 242 g/mol. The topological polar surface area (TPSA) is 62.5 Å². The summed E-state index contributed by atoms with van der Waals surface area (Å²) in [6.45, 7) is 3.69. The number of carbonyl (C=O) groups is 1. The summed E-state index contributed by atoms with van der Waals surface area (Å²) in [5.74, 6) is 1.50. The van der Waals surface area contributed by atoms with Crippen LogP contribution in [0.5, 0.6) is 0 Å². The van der Waals surface area contributed by atoms with E-state index in [2.05, 4.69) is 5.32 Å². The molecule has 19 heavy (non-hydrogen) atoms. The molecule has 4 nitrogen and oxygen atoms in total. The maximum Gasteiger partial charge on any atom is 0.228 e. The molecule has 1 unspecified atom stereocenters. The predicted molar refractivity (Wildman–Crippen MR) is 71.0 cm³/mol. The van der Waals surface area contributed by atoms with E-state index in [1.807, 2.05) is 38.1 Å². The fraction of sp³-hybridized carbons (Fsp3) is 0.267. The quantitative estimate of drug-likeness (QED) is 0.868. The number of aryl methyl sites for hydroxylation is 2. The molecule has 2 aromatic rings. The molecule has 1 aromatic heterocycles. The van der Waals surface area contributed by atoms with E-state index in [9.17, 15) is 9.90 Å². The number of fused-ring (bicyclic) bond motifs is 1. The van der Waals surface area contributed by atoms with Crippen molar-refractivity contribution in [3.05, 3.63) is 52.5 Å². The number of carbonyl (C=O) groups excluding carboxylic acids is 1. The molecule has 1 aliphatic rings. The summed E-state index contributed by atoms with van der Waals surface area (Å²) in [5, 5.41) is 13.2. The van der Waals surface area contributed by atoms with E-state index in [4.69, 9.17) is 4.42 Å². The van der Waals surface area contributed by atoms with Crippen LogP contribution in [0, 0.1) is 13.8 Å². The second-order valence-corrected chi connectivity index (χ2v) is 4.91. The first-order chi connectivity index (χ1) is 9.04. The van der Waals surface area contributed by atoms with Gasteiger partial charge >= 0.3 is 0 Å². The highest BCUT2D eigenvalue weighted by atomic mass is 16.3. The van der Waals surface area contributed by atoms with Gasteiger partial charge in [-0.25, -0.2) is 0 Å². The molecule has 0 spiro atoms. The normalized spacial score (nSPS) is 15.2. The Bertz CT molecular complexity index is 657. The Morgan fingerprint density at radius 1 is 1.32 bits per heavy atom. The Hall–Kier alpha value is -2.07. The number of aliphatic hydroxyl groups excluding tert-OH is 1. The maximum atomic E-state index is 11.3. The van der Waals surface area contributed by atoms with Crippen molar-refractivity contribution in [3.63, 3.8) is 0 Å². The second kappa shape index (κ2) is 4.24. The van der Waals surface area contributed by atoms with Crippen LogP contribution >= 0.6 is 0 Å². The zero-order valence-electron chi connectivity index (χ0n) is 10.9. The molecule has 2 N–H and O–H groups in total. The van der Waals surface area contributed by atoms with E-state index < -0.39 is 6.10 Å². The van der Waals surface area contributed by atoms with Gasteiger partial charge in [0.1, 0.15) is 17.6 Å². The number of nitrogens with one attached hydrogen (secondary N) is 1. The molecule has 0 aliphatic carbocycles. The van der Waals surface area contributed by atoms with Gasteiger partial charge in [-0.05, 0) is 37.1 Å². The molecule has 1 atom stereocenters. The van der Waals surface area contributed by atoms with Crippen LogP contribution < -0.4 is 5.32 Å². The van der Waals surface area contributed by atoms with Crippen LogP contribution in [-0.2, 0) is 11.2 Å². The molecule has 3 rings (SSSR count). The van der Waals surface area contributed by atoms with Crippen LogP contribution in [-0.4, -0.2) is 11.0 Å². The minimum atomic E-state index is -0.724. The highest BCUT2D eigenvalue weighted by molar-refractivity contribution is 5.99. The molecule has 0 fully saturated rings. The molecular formula is C15H15NO3. The summed E-state index contributed by atoms with van der Waals surface area (Å²) in [7, 11) is 0. The van der Waals surface area contributed by atoms with E-state index in [0.717, 1.165) is 33.9 Å². The van der Waals surface area contributed by atoms with Gasteiger partial charge in [-0.2, -0.15) is 0 Å². The molecule has 2 heterocycles. The third-order valence-electron chi connectivity index (χ3n) is 3.44. The number of benzene rings is 1. The summed E-state index contributed by atoms with van der Waals surface area (Å²) in [6.07, 6.45) is -0.349. The van der Waals surface area contributed by atoms with Crippen molar-refractivity contribution in [2.45, 2.75) is 26.4 Å². The average molecular weight is 257 g/mol. The lowest BCUT2D eigenvalue weighted by molar-refractivity contribution is -0.115. The van der Waals surface area contributed by atoms with Gasteiger partial charge in [-0.15, -0.1) is 0 Å². The summed E-state index contributed by atoms with van der Waals surface area (Å²) >= 11 is 0. The minimum Gasteiger partial charge on any atom is -0.466 e. The molecule has 0 bridgehead atoms. The van der Waals surface area contributed by atoms with Crippen LogP contribution in [0.15, 0.2) is 28.7 Å². The third-order valence-corrected chi connectivity index (χ3v) is 3.44. The van der Waals surface area contributed by atoms with Gasteiger partial charge in [0, 0.05) is 11.3 Å². The van der Waals surface area contributed by atoms with E-state index >= 15 is 0 Å². The number of hydrogen-bond acceptors (Lipinski definition) is 3. The Balaban J connectivity index is 1.97. The lowest BCUT2D eigenvalue weighted by Crippen LogP contribution is -2.03. The van der Waals surface area contributed by atoms with Gasteiger partial charge in [-0.3, -0.25) is 4.79 Å². The fourth-order valence-electron chi connectivity index (χ4n) is 2.52. The summed E-state index contributed by atoms with van der Waals surface area (Å²) in [4.78, 5) is 11.3. The zero-order valence-corrected chi connectivity index (χ0v) is 10.9. The van der Waals surface area contributed by atoms with Crippen molar-refractivity contribution < 1.29 is 14.3 Å². The third kappa shape index (κ3) is 2.04. The number of anilines is 1. The van der Waals surface area contributed by atoms with Gasteiger partial charge in [0.25, 0.3) is 0 Å². The van der Waals surface area contributed by atoms with E-state index in [-0.39, 0.29) is 5.91 Å². The van der Waals surface area contributed by atoms with Crippen molar-refractivity contribution in [2.24, 2.45) is 0 Å². The van der Waals surface area contributed by atoms with E-state index in [1.54, 1.807) is 0 Å². The number of amides is 1. The van der Waals surface area contributed by atoms with E-state index in [1.165, 1.54) is 0 Å². The molecule has 1 aromatic carbocycles. The molecule has 0 saturated carbocycles. The number of aliphatic hydroxyl groups is 1. The number of furan rings is 1. The van der Waals surface area contributed by atoms with Gasteiger partial charge in [0.15, 0.2) is 0 Å². The van der Waals surface area contributed by atoms with Crippen LogP contribution in [0.3, 0.4) is 0 Å². The molecule has 98 valence electrons. The Kier molecular flexibility index (Phi) is 2.68. The first-order valence-corrected chi connectivity index (χ1v) is 6.22. The van der Waals surface area contributed by atoms with Crippen LogP contribution in [0.2, 0.25) is 0 Å². The van der Waals surface area contributed by atoms with Gasteiger partial charge in [0.05, 0.1) is 6.42 Å². The summed E-state index contributed by atoms with van der Waals surface area (Å²) < 4.78 is 5.44. The maximum absolute atomic E-state index is 11.3. The Labute approximate surface area is 111 Å². The number of rotatable bonds is 2. The highest BCUT2D eigenvalue weighted by Crippen LogP contribution is 2.31. The lowest BCUT2D eigenvalue weighted by atomic mass is 9.99. The highest BCUT2D eigenvalue weighted by Gasteiger charge is 2.21. The standard InChI is InChI=1S/C15H15NO3/c1-8-5-12(9(2)19-8)15(18)10-3-4-13-11(6-10)7-14(17)16-13/h3-6,15,18H,7H2,1-2H3,(H,16,17). The molecule has 1 amide bonds. The van der Waals surface area contributed by atoms with Crippen LogP contribution in [0.25, 0.3) is 0 Å². The van der Waals surface area contributed by atoms with Gasteiger partial charge in [0.2, 0.25) is 5.91 Å². The van der Waals surface area contributed by atoms with Crippen molar-refractivity contribution in [2.75, 3.05) is 5.32 Å². The van der Waals surface area contributed by atoms with E-state index in [0.29, 0.717) is 6.42 Å². The molecule has 4 heteroatoms. The van der Waals surface area contributed by atoms with Crippen molar-refractivity contribution >= 4 is 11.6 Å².